The third-order valence-corrected chi connectivity index (χ3v) is 4.49. The molecule has 1 aromatic heterocycles. The molecule has 9 heteroatoms. The van der Waals surface area contributed by atoms with E-state index in [1.165, 1.54) is 6.20 Å². The molecule has 1 heterocycles. The zero-order valence-corrected chi connectivity index (χ0v) is 21.0. The van der Waals surface area contributed by atoms with E-state index in [1.807, 2.05) is 39.8 Å². The molecule has 0 saturated heterocycles. The zero-order chi connectivity index (χ0) is 22.3. The summed E-state index contributed by atoms with van der Waals surface area (Å²) in [7, 11) is 0. The van der Waals surface area contributed by atoms with Gasteiger partial charge in [-0.1, -0.05) is 6.07 Å². The Morgan fingerprint density at radius 2 is 1.87 bits per heavy atom. The molecule has 2 rings (SSSR count). The average molecular weight is 439 g/mol. The molecule has 0 bridgehead atoms. The van der Waals surface area contributed by atoms with Crippen LogP contribution in [0.1, 0.15) is 50.0 Å². The maximum Gasteiger partial charge on any atom is 1.00 e. The van der Waals surface area contributed by atoms with Crippen LogP contribution in [0.4, 0.5) is 4.79 Å². The van der Waals surface area contributed by atoms with Crippen LogP contribution in [0.3, 0.4) is 0 Å². The number of nitrogens with one attached hydrogen (secondary N) is 2. The number of aryl methyl sites for hydroxylation is 2. The Morgan fingerprint density at radius 3 is 2.48 bits per heavy atom. The van der Waals surface area contributed by atoms with Crippen molar-refractivity contribution in [3.63, 3.8) is 0 Å². The fourth-order valence-electron chi connectivity index (χ4n) is 3.12. The number of aromatic nitrogens is 1. The van der Waals surface area contributed by atoms with Gasteiger partial charge in [-0.2, -0.15) is 0 Å². The average Bonchev–Trinajstić information content (AvgIpc) is 2.66. The minimum absolute atomic E-state index is 0. The number of carbonyl (C=O) groups excluding carboxylic acids is 2. The number of carboxylic acids is 1. The van der Waals surface area contributed by atoms with E-state index in [0.29, 0.717) is 30.5 Å². The van der Waals surface area contributed by atoms with Crippen LogP contribution in [0.2, 0.25) is 0 Å². The van der Waals surface area contributed by atoms with Crippen molar-refractivity contribution in [3.05, 3.63) is 45.7 Å². The third-order valence-electron chi connectivity index (χ3n) is 4.49. The maximum absolute atomic E-state index is 12.5. The Kier molecular flexibility index (Phi) is 10.7. The number of ether oxygens (including phenoxy) is 1. The quantitative estimate of drug-likeness (QED) is 0.361. The van der Waals surface area contributed by atoms with E-state index in [2.05, 4.69) is 10.6 Å². The molecule has 0 aliphatic rings. The Balaban J connectivity index is 0.00000480. The molecule has 0 aliphatic carbocycles. The number of nitrogens with zero attached hydrogens (tertiary/aromatic N) is 1. The summed E-state index contributed by atoms with van der Waals surface area (Å²) in [5.41, 5.74) is 0.331. The van der Waals surface area contributed by atoms with Crippen molar-refractivity contribution < 1.29 is 49.0 Å². The second kappa shape index (κ2) is 12.2. The summed E-state index contributed by atoms with van der Waals surface area (Å²) in [6.45, 7) is 9.71. The van der Waals surface area contributed by atoms with Crippen molar-refractivity contribution in [2.45, 2.75) is 52.7 Å². The predicted octanol–water partition coefficient (Wildman–Crippen LogP) is -1.56. The van der Waals surface area contributed by atoms with Gasteiger partial charge >= 0.3 is 35.7 Å². The number of amides is 1. The van der Waals surface area contributed by atoms with Gasteiger partial charge in [0, 0.05) is 31.2 Å². The van der Waals surface area contributed by atoms with Crippen molar-refractivity contribution in [1.82, 2.24) is 15.2 Å². The number of carboxylic acid groups (broad SMARTS) is 1. The summed E-state index contributed by atoms with van der Waals surface area (Å²) >= 11 is 0. The summed E-state index contributed by atoms with van der Waals surface area (Å²) in [4.78, 5) is 35.3. The van der Waals surface area contributed by atoms with Crippen molar-refractivity contribution in [2.24, 2.45) is 0 Å². The fraction of sp³-hybridized carbons (Fsp3) is 0.500. The van der Waals surface area contributed by atoms with E-state index in [-0.39, 0.29) is 35.1 Å². The number of aromatic carboxylic acids is 1. The van der Waals surface area contributed by atoms with Gasteiger partial charge in [-0.15, -0.1) is 0 Å². The molecule has 2 N–H and O–H groups in total. The van der Waals surface area contributed by atoms with E-state index < -0.39 is 23.1 Å². The predicted molar refractivity (Wildman–Crippen MR) is 114 cm³/mol. The van der Waals surface area contributed by atoms with E-state index in [9.17, 15) is 19.5 Å². The van der Waals surface area contributed by atoms with Crippen molar-refractivity contribution in [3.8, 4) is 0 Å². The molecule has 0 spiro atoms. The number of alkyl carbamates (subject to hydrolysis) is 1. The van der Waals surface area contributed by atoms with E-state index >= 15 is 0 Å². The molecule has 1 aromatic carbocycles. The van der Waals surface area contributed by atoms with E-state index in [1.54, 1.807) is 10.6 Å². The first-order valence-corrected chi connectivity index (χ1v) is 10.2. The SMILES string of the molecule is CCn1cc(C(=O)[O-])c(=O)c2cc(CCCNCCNC(=O)OC(C)(C)C)ccc21.[Na+]. The molecule has 0 saturated carbocycles. The summed E-state index contributed by atoms with van der Waals surface area (Å²) < 4.78 is 6.90. The summed E-state index contributed by atoms with van der Waals surface area (Å²) in [6, 6.07) is 5.57. The monoisotopic (exact) mass is 439 g/mol. The van der Waals surface area contributed by atoms with Gasteiger partial charge in [-0.3, -0.25) is 4.79 Å². The third kappa shape index (κ3) is 8.29. The van der Waals surface area contributed by atoms with Gasteiger partial charge in [0.1, 0.15) is 5.60 Å². The first kappa shape index (κ1) is 27.2. The maximum atomic E-state index is 12.5. The topological polar surface area (TPSA) is 112 Å². The minimum atomic E-state index is -1.46. The summed E-state index contributed by atoms with van der Waals surface area (Å²) in [5.74, 6) is -1.46. The van der Waals surface area contributed by atoms with Gasteiger partial charge in [0.25, 0.3) is 0 Å². The Morgan fingerprint density at radius 1 is 1.16 bits per heavy atom. The van der Waals surface area contributed by atoms with Crippen molar-refractivity contribution >= 4 is 23.0 Å². The Hall–Kier alpha value is -1.87. The van der Waals surface area contributed by atoms with Crippen LogP contribution in [-0.2, 0) is 17.7 Å². The standard InChI is InChI=1S/C22H31N3O5.Na/c1-5-25-14-17(20(27)28)19(26)16-13-15(8-9-18(16)25)7-6-10-23-11-12-24-21(29)30-22(2,3)4;/h8-9,13-14,23H,5-7,10-12H2,1-4H3,(H,24,29)(H,27,28);/q;+1/p-1. The fourth-order valence-corrected chi connectivity index (χ4v) is 3.12. The van der Waals surface area contributed by atoms with Gasteiger partial charge < -0.3 is 29.8 Å². The number of hydrogen-bond acceptors (Lipinski definition) is 6. The molecule has 1 amide bonds. The second-order valence-electron chi connectivity index (χ2n) is 8.08. The molecular formula is C22H30N3NaO5. The minimum Gasteiger partial charge on any atom is -0.545 e. The van der Waals surface area contributed by atoms with Crippen LogP contribution in [0.5, 0.6) is 0 Å². The van der Waals surface area contributed by atoms with Crippen molar-refractivity contribution in [1.29, 1.82) is 0 Å². The Labute approximate surface area is 204 Å². The van der Waals surface area contributed by atoms with Gasteiger partial charge in [0.2, 0.25) is 0 Å². The van der Waals surface area contributed by atoms with Crippen LogP contribution in [-0.4, -0.2) is 41.9 Å². The van der Waals surface area contributed by atoms with Crippen LogP contribution in [0.15, 0.2) is 29.2 Å². The molecular weight excluding hydrogens is 409 g/mol. The van der Waals surface area contributed by atoms with E-state index in [4.69, 9.17) is 4.74 Å². The van der Waals surface area contributed by atoms with E-state index in [0.717, 1.165) is 24.9 Å². The number of carbonyl (C=O) groups is 2. The normalized spacial score (nSPS) is 11.1. The molecule has 2 aromatic rings. The van der Waals surface area contributed by atoms with Crippen LogP contribution < -0.4 is 50.7 Å². The summed E-state index contributed by atoms with van der Waals surface area (Å²) in [6.07, 6.45) is 2.48. The van der Waals surface area contributed by atoms with Crippen LogP contribution in [0.25, 0.3) is 10.9 Å². The van der Waals surface area contributed by atoms with Gasteiger partial charge in [-0.05, 0) is 64.8 Å². The number of hydrogen-bond donors (Lipinski definition) is 2. The number of rotatable bonds is 9. The van der Waals surface area contributed by atoms with Crippen LogP contribution in [0, 0.1) is 0 Å². The summed E-state index contributed by atoms with van der Waals surface area (Å²) in [5, 5.41) is 17.6. The first-order valence-electron chi connectivity index (χ1n) is 10.2. The van der Waals surface area contributed by atoms with Gasteiger partial charge in [0.15, 0.2) is 5.43 Å². The Bertz CT molecular complexity index is 966. The number of pyridine rings is 1. The molecule has 0 unspecified atom stereocenters. The molecule has 0 radical (unpaired) electrons. The first-order chi connectivity index (χ1) is 14.1. The molecule has 0 fully saturated rings. The largest absolute Gasteiger partial charge is 1.00 e. The van der Waals surface area contributed by atoms with Crippen LogP contribution >= 0.6 is 0 Å². The zero-order valence-electron chi connectivity index (χ0n) is 19.0. The molecule has 164 valence electrons. The second-order valence-corrected chi connectivity index (χ2v) is 8.08. The van der Waals surface area contributed by atoms with Crippen molar-refractivity contribution in [2.75, 3.05) is 19.6 Å². The smallest absolute Gasteiger partial charge is 0.545 e. The molecule has 0 atom stereocenters. The number of fused-ring (bicyclic) bond motifs is 1. The van der Waals surface area contributed by atoms with Gasteiger partial charge in [0.05, 0.1) is 17.0 Å². The molecule has 31 heavy (non-hydrogen) atoms. The number of benzene rings is 1. The molecule has 0 aliphatic heterocycles. The van der Waals surface area contributed by atoms with Gasteiger partial charge in [-0.25, -0.2) is 4.79 Å². The molecule has 8 nitrogen and oxygen atoms in total.